The Hall–Kier alpha value is -3.45. The van der Waals surface area contributed by atoms with Crippen LogP contribution in [0.4, 0.5) is 10.1 Å². The van der Waals surface area contributed by atoms with Crippen LogP contribution in [0.2, 0.25) is 0 Å². The normalized spacial score (nSPS) is 13.8. The number of fused-ring (bicyclic) bond motifs is 1. The van der Waals surface area contributed by atoms with E-state index < -0.39 is 11.7 Å². The van der Waals surface area contributed by atoms with Crippen molar-refractivity contribution in [2.45, 2.75) is 13.3 Å². The summed E-state index contributed by atoms with van der Waals surface area (Å²) in [5, 5.41) is 2.65. The van der Waals surface area contributed by atoms with Crippen molar-refractivity contribution in [1.29, 1.82) is 0 Å². The summed E-state index contributed by atoms with van der Waals surface area (Å²) >= 11 is 0. The van der Waals surface area contributed by atoms with Gasteiger partial charge in [-0.15, -0.1) is 0 Å². The molecule has 0 atom stereocenters. The van der Waals surface area contributed by atoms with Gasteiger partial charge in [0.05, 0.1) is 42.8 Å². The highest BCUT2D eigenvalue weighted by molar-refractivity contribution is 6.11. The highest BCUT2D eigenvalue weighted by Crippen LogP contribution is 2.29. The Balaban J connectivity index is 1.72. The smallest absolute Gasteiger partial charge is 0.257 e. The van der Waals surface area contributed by atoms with Gasteiger partial charge in [0.2, 0.25) is 0 Å². The second kappa shape index (κ2) is 8.12. The van der Waals surface area contributed by atoms with Crippen molar-refractivity contribution in [2.24, 2.45) is 0 Å². The lowest BCUT2D eigenvalue weighted by atomic mass is 10.00. The molecule has 6 nitrogen and oxygen atoms in total. The number of amides is 1. The standard InChI is InChI=1S/C23H21FN2O4/c1-14(27)20-13-18(21-12-16(29-2)6-9-26(20)21)23(28)25-19-5-3-4-17(22(19)24)15-7-10-30-11-8-15/h3-7,9,12-13H,8,10-11H2,1-2H3,(H,25,28). The maximum Gasteiger partial charge on any atom is 0.257 e. The van der Waals surface area contributed by atoms with E-state index in [0.29, 0.717) is 42.2 Å². The second-order valence-corrected chi connectivity index (χ2v) is 7.00. The Morgan fingerprint density at radius 1 is 1.23 bits per heavy atom. The predicted octanol–water partition coefficient (Wildman–Crippen LogP) is 4.35. The van der Waals surface area contributed by atoms with E-state index in [9.17, 15) is 9.59 Å². The van der Waals surface area contributed by atoms with E-state index in [2.05, 4.69) is 5.32 Å². The van der Waals surface area contributed by atoms with Gasteiger partial charge in [-0.2, -0.15) is 0 Å². The number of anilines is 1. The molecule has 7 heteroatoms. The number of benzene rings is 1. The summed E-state index contributed by atoms with van der Waals surface area (Å²) in [7, 11) is 1.52. The number of hydrogen-bond acceptors (Lipinski definition) is 4. The topological polar surface area (TPSA) is 69.0 Å². The van der Waals surface area contributed by atoms with E-state index in [1.54, 1.807) is 34.9 Å². The minimum absolute atomic E-state index is 0.0801. The number of halogens is 1. The van der Waals surface area contributed by atoms with Crippen molar-refractivity contribution in [1.82, 2.24) is 4.40 Å². The molecule has 3 aromatic rings. The van der Waals surface area contributed by atoms with Crippen molar-refractivity contribution in [3.05, 3.63) is 71.3 Å². The van der Waals surface area contributed by atoms with E-state index in [4.69, 9.17) is 9.47 Å². The molecule has 4 rings (SSSR count). The van der Waals surface area contributed by atoms with E-state index in [1.165, 1.54) is 26.2 Å². The third kappa shape index (κ3) is 3.59. The maximum absolute atomic E-state index is 15.1. The van der Waals surface area contributed by atoms with Crippen LogP contribution in [0.25, 0.3) is 11.1 Å². The zero-order valence-electron chi connectivity index (χ0n) is 16.7. The Morgan fingerprint density at radius 2 is 2.07 bits per heavy atom. The minimum Gasteiger partial charge on any atom is -0.497 e. The summed E-state index contributed by atoms with van der Waals surface area (Å²) in [6, 6.07) is 9.78. The Morgan fingerprint density at radius 3 is 2.77 bits per heavy atom. The number of nitrogens with zero attached hydrogens (tertiary/aromatic N) is 1. The average molecular weight is 408 g/mol. The first-order valence-corrected chi connectivity index (χ1v) is 9.56. The molecule has 1 N–H and O–H groups in total. The number of ether oxygens (including phenoxy) is 2. The lowest BCUT2D eigenvalue weighted by molar-refractivity contribution is 0.101. The molecule has 0 bridgehead atoms. The third-order valence-electron chi connectivity index (χ3n) is 5.14. The fourth-order valence-electron chi connectivity index (χ4n) is 3.60. The van der Waals surface area contributed by atoms with Gasteiger partial charge in [-0.05, 0) is 30.2 Å². The molecule has 1 amide bonds. The second-order valence-electron chi connectivity index (χ2n) is 7.00. The molecule has 1 aliphatic heterocycles. The van der Waals surface area contributed by atoms with Crippen molar-refractivity contribution in [3.8, 4) is 5.75 Å². The first kappa shape index (κ1) is 19.8. The van der Waals surface area contributed by atoms with E-state index in [0.717, 1.165) is 5.57 Å². The van der Waals surface area contributed by atoms with Gasteiger partial charge in [-0.3, -0.25) is 9.59 Å². The van der Waals surface area contributed by atoms with Crippen LogP contribution >= 0.6 is 0 Å². The van der Waals surface area contributed by atoms with Crippen molar-refractivity contribution in [2.75, 3.05) is 25.6 Å². The van der Waals surface area contributed by atoms with Gasteiger partial charge < -0.3 is 19.2 Å². The molecule has 1 aromatic carbocycles. The van der Waals surface area contributed by atoms with Gasteiger partial charge in [0.1, 0.15) is 5.75 Å². The number of rotatable bonds is 5. The molecule has 1 aliphatic rings. The zero-order valence-corrected chi connectivity index (χ0v) is 16.7. The Kier molecular flexibility index (Phi) is 5.37. The van der Waals surface area contributed by atoms with Crippen LogP contribution in [0.1, 0.15) is 39.8 Å². The minimum atomic E-state index is -0.509. The number of carbonyl (C=O) groups is 2. The number of methoxy groups -OCH3 is 1. The van der Waals surface area contributed by atoms with E-state index in [-0.39, 0.29) is 17.0 Å². The number of nitrogens with one attached hydrogen (secondary N) is 1. The molecule has 0 saturated heterocycles. The van der Waals surface area contributed by atoms with Gasteiger partial charge >= 0.3 is 0 Å². The summed E-state index contributed by atoms with van der Waals surface area (Å²) in [5.74, 6) is -0.643. The van der Waals surface area contributed by atoms with E-state index >= 15 is 4.39 Å². The van der Waals surface area contributed by atoms with Crippen LogP contribution in [0, 0.1) is 5.82 Å². The first-order chi connectivity index (χ1) is 14.5. The Labute approximate surface area is 172 Å². The zero-order chi connectivity index (χ0) is 21.3. The third-order valence-corrected chi connectivity index (χ3v) is 5.14. The lowest BCUT2D eigenvalue weighted by Crippen LogP contribution is -2.14. The van der Waals surface area contributed by atoms with Gasteiger partial charge in [0.15, 0.2) is 11.6 Å². The first-order valence-electron chi connectivity index (χ1n) is 9.56. The molecule has 3 heterocycles. The average Bonchev–Trinajstić information content (AvgIpc) is 3.15. The van der Waals surface area contributed by atoms with Crippen molar-refractivity contribution < 1.29 is 23.5 Å². The van der Waals surface area contributed by atoms with Crippen LogP contribution in [-0.4, -0.2) is 36.4 Å². The van der Waals surface area contributed by atoms with Gasteiger partial charge in [-0.25, -0.2) is 4.39 Å². The largest absolute Gasteiger partial charge is 0.497 e. The van der Waals surface area contributed by atoms with Gasteiger partial charge in [0, 0.05) is 24.8 Å². The van der Waals surface area contributed by atoms with Crippen molar-refractivity contribution in [3.63, 3.8) is 0 Å². The molecule has 0 radical (unpaired) electrons. The summed E-state index contributed by atoms with van der Waals surface area (Å²) in [6.07, 6.45) is 4.13. The Bertz CT molecular complexity index is 1180. The number of aromatic nitrogens is 1. The molecule has 2 aromatic heterocycles. The number of ketones is 1. The summed E-state index contributed by atoms with van der Waals surface area (Å²) in [6.45, 7) is 2.41. The molecule has 0 saturated carbocycles. The summed E-state index contributed by atoms with van der Waals surface area (Å²) in [4.78, 5) is 25.0. The summed E-state index contributed by atoms with van der Waals surface area (Å²) < 4.78 is 27.3. The molecule has 0 fully saturated rings. The van der Waals surface area contributed by atoms with Crippen LogP contribution in [0.5, 0.6) is 5.75 Å². The predicted molar refractivity (Wildman–Crippen MR) is 112 cm³/mol. The monoisotopic (exact) mass is 408 g/mol. The molecular weight excluding hydrogens is 387 g/mol. The molecule has 30 heavy (non-hydrogen) atoms. The van der Waals surface area contributed by atoms with Crippen LogP contribution < -0.4 is 10.1 Å². The van der Waals surface area contributed by atoms with Crippen LogP contribution in [-0.2, 0) is 4.74 Å². The highest BCUT2D eigenvalue weighted by atomic mass is 19.1. The summed E-state index contributed by atoms with van der Waals surface area (Å²) in [5.41, 5.74) is 2.50. The SMILES string of the molecule is COc1ccn2c(C(C)=O)cc(C(=O)Nc3cccc(C4=CCOCC4)c3F)c2c1. The molecule has 0 aliphatic carbocycles. The fourth-order valence-corrected chi connectivity index (χ4v) is 3.60. The van der Waals surface area contributed by atoms with Crippen LogP contribution in [0.15, 0.2) is 48.7 Å². The molecule has 0 unspecified atom stereocenters. The lowest BCUT2D eigenvalue weighted by Gasteiger charge is -2.16. The van der Waals surface area contributed by atoms with Gasteiger partial charge in [0.25, 0.3) is 5.91 Å². The molecule has 0 spiro atoms. The number of pyridine rings is 1. The number of hydrogen-bond donors (Lipinski definition) is 1. The van der Waals surface area contributed by atoms with Crippen molar-refractivity contribution >= 4 is 28.5 Å². The number of carbonyl (C=O) groups excluding carboxylic acids is 2. The molecular formula is C23H21FN2O4. The van der Waals surface area contributed by atoms with Crippen LogP contribution in [0.3, 0.4) is 0 Å². The van der Waals surface area contributed by atoms with Gasteiger partial charge in [-0.1, -0.05) is 18.2 Å². The highest BCUT2D eigenvalue weighted by Gasteiger charge is 2.21. The maximum atomic E-state index is 15.1. The number of Topliss-reactive ketones (excluding diaryl/α,β-unsaturated/α-hetero) is 1. The fraction of sp³-hybridized carbons (Fsp3) is 0.217. The quantitative estimate of drug-likeness (QED) is 0.638. The van der Waals surface area contributed by atoms with E-state index in [1.807, 2.05) is 6.08 Å². The molecule has 154 valence electrons.